The van der Waals surface area contributed by atoms with Crippen LogP contribution in [0.15, 0.2) is 0 Å². The van der Waals surface area contributed by atoms with Gasteiger partial charge in [0.2, 0.25) is 0 Å². The summed E-state index contributed by atoms with van der Waals surface area (Å²) in [5.74, 6) is -2.15. The molecular formula is C10H18O10. The highest BCUT2D eigenvalue weighted by molar-refractivity contribution is 5.75. The minimum absolute atomic E-state index is 0.0258. The van der Waals surface area contributed by atoms with Gasteiger partial charge in [-0.1, -0.05) is 0 Å². The first-order valence-corrected chi connectivity index (χ1v) is 5.39. The van der Waals surface area contributed by atoms with E-state index in [-0.39, 0.29) is 19.1 Å². The van der Waals surface area contributed by atoms with Crippen molar-refractivity contribution in [2.45, 2.75) is 37.3 Å². The monoisotopic (exact) mass is 298 g/mol. The van der Waals surface area contributed by atoms with Crippen molar-refractivity contribution < 1.29 is 50.1 Å². The molecule has 4 atom stereocenters. The molecule has 0 spiro atoms. The fourth-order valence-electron chi connectivity index (χ4n) is 0.832. The lowest BCUT2D eigenvalue weighted by Gasteiger charge is -2.22. The van der Waals surface area contributed by atoms with Gasteiger partial charge in [-0.05, 0) is 0 Å². The van der Waals surface area contributed by atoms with Gasteiger partial charge in [-0.3, -0.25) is 9.59 Å². The Hall–Kier alpha value is -1.59. The molecule has 0 rings (SSSR count). The van der Waals surface area contributed by atoms with Crippen LogP contribution >= 0.6 is 0 Å². The van der Waals surface area contributed by atoms with Gasteiger partial charge >= 0.3 is 11.9 Å². The fourth-order valence-corrected chi connectivity index (χ4v) is 0.832. The van der Waals surface area contributed by atoms with E-state index in [0.717, 1.165) is 0 Å². The van der Waals surface area contributed by atoms with E-state index in [1.54, 1.807) is 0 Å². The standard InChI is InChI=1S/C6H12O6.C4H6O4/c7-1-3(9)5(11)6(12)4(10)2-8;5-3(6)1-2-4(7)8/h1,3-6,8-12H,2H2;1-2H2,(H,5,6)(H,7,8)/t3-,4-,5-,6-;/m1./s1. The van der Waals surface area contributed by atoms with Crippen LogP contribution in [0.5, 0.6) is 0 Å². The minimum Gasteiger partial charge on any atom is -0.481 e. The van der Waals surface area contributed by atoms with Crippen LogP contribution in [0.2, 0.25) is 0 Å². The average Bonchev–Trinajstić information content (AvgIpc) is 2.42. The molecule has 10 heteroatoms. The average molecular weight is 298 g/mol. The van der Waals surface area contributed by atoms with E-state index >= 15 is 0 Å². The van der Waals surface area contributed by atoms with Gasteiger partial charge in [0.25, 0.3) is 0 Å². The largest absolute Gasteiger partial charge is 0.481 e. The molecule has 10 nitrogen and oxygen atoms in total. The zero-order chi connectivity index (χ0) is 16.3. The third-order valence-electron chi connectivity index (χ3n) is 1.97. The lowest BCUT2D eigenvalue weighted by Crippen LogP contribution is -2.46. The second-order valence-corrected chi connectivity index (χ2v) is 3.65. The van der Waals surface area contributed by atoms with Gasteiger partial charge in [0, 0.05) is 0 Å². The Labute approximate surface area is 113 Å². The summed E-state index contributed by atoms with van der Waals surface area (Å²) in [6, 6.07) is 0. The molecule has 0 unspecified atom stereocenters. The molecule has 0 saturated carbocycles. The number of aliphatic hydroxyl groups excluding tert-OH is 5. The maximum atomic E-state index is 9.90. The van der Waals surface area contributed by atoms with Crippen LogP contribution in [0.4, 0.5) is 0 Å². The molecule has 118 valence electrons. The van der Waals surface area contributed by atoms with Crippen molar-refractivity contribution in [2.75, 3.05) is 6.61 Å². The van der Waals surface area contributed by atoms with Crippen molar-refractivity contribution in [1.29, 1.82) is 0 Å². The third kappa shape index (κ3) is 10.3. The summed E-state index contributed by atoms with van der Waals surface area (Å²) in [4.78, 5) is 29.2. The Kier molecular flexibility index (Phi) is 11.7. The first-order chi connectivity index (χ1) is 9.17. The summed E-state index contributed by atoms with van der Waals surface area (Å²) >= 11 is 0. The summed E-state index contributed by atoms with van der Waals surface area (Å²) in [6.45, 7) is -0.760. The number of hydrogen-bond donors (Lipinski definition) is 7. The minimum atomic E-state index is -1.79. The lowest BCUT2D eigenvalue weighted by atomic mass is 10.0. The van der Waals surface area contributed by atoms with Crippen LogP contribution in [0.3, 0.4) is 0 Å². The molecule has 0 aromatic heterocycles. The van der Waals surface area contributed by atoms with Crippen molar-refractivity contribution in [1.82, 2.24) is 0 Å². The molecule has 0 fully saturated rings. The van der Waals surface area contributed by atoms with Crippen molar-refractivity contribution in [2.24, 2.45) is 0 Å². The van der Waals surface area contributed by atoms with E-state index in [2.05, 4.69) is 0 Å². The quantitative estimate of drug-likeness (QED) is 0.221. The maximum Gasteiger partial charge on any atom is 0.303 e. The fraction of sp³-hybridized carbons (Fsp3) is 0.700. The molecule has 0 bridgehead atoms. The smallest absolute Gasteiger partial charge is 0.303 e. The normalized spacial score (nSPS) is 16.1. The number of aliphatic hydroxyl groups is 5. The van der Waals surface area contributed by atoms with Gasteiger partial charge in [0.1, 0.15) is 24.4 Å². The Morgan fingerprint density at radius 1 is 0.900 bits per heavy atom. The van der Waals surface area contributed by atoms with Gasteiger partial charge in [0.15, 0.2) is 6.29 Å². The van der Waals surface area contributed by atoms with Crippen LogP contribution in [0, 0.1) is 0 Å². The highest BCUT2D eigenvalue weighted by atomic mass is 16.4. The van der Waals surface area contributed by atoms with Gasteiger partial charge in [-0.25, -0.2) is 0 Å². The Bertz CT molecular complexity index is 290. The molecule has 0 aromatic carbocycles. The van der Waals surface area contributed by atoms with Gasteiger partial charge in [-0.15, -0.1) is 0 Å². The molecule has 0 aliphatic rings. The van der Waals surface area contributed by atoms with E-state index in [4.69, 9.17) is 35.7 Å². The van der Waals surface area contributed by atoms with Crippen molar-refractivity contribution in [3.05, 3.63) is 0 Å². The van der Waals surface area contributed by atoms with E-state index in [9.17, 15) is 14.4 Å². The van der Waals surface area contributed by atoms with Gasteiger partial charge in [0.05, 0.1) is 19.4 Å². The Morgan fingerprint density at radius 2 is 1.30 bits per heavy atom. The van der Waals surface area contributed by atoms with E-state index in [1.807, 2.05) is 0 Å². The van der Waals surface area contributed by atoms with Crippen molar-refractivity contribution in [3.63, 3.8) is 0 Å². The SMILES string of the molecule is O=C(O)CCC(=O)O.O=C[C@@H](O)[C@@H](O)[C@H](O)[C@H](O)CO. The van der Waals surface area contributed by atoms with Gasteiger partial charge < -0.3 is 40.5 Å². The van der Waals surface area contributed by atoms with Crippen LogP contribution in [-0.4, -0.2) is 85.0 Å². The first kappa shape index (κ1) is 20.7. The molecule has 0 radical (unpaired) electrons. The summed E-state index contributed by atoms with van der Waals surface area (Å²) in [5.41, 5.74) is 0. The molecule has 0 saturated heterocycles. The Morgan fingerprint density at radius 3 is 1.55 bits per heavy atom. The second-order valence-electron chi connectivity index (χ2n) is 3.65. The highest BCUT2D eigenvalue weighted by Gasteiger charge is 2.29. The molecule has 0 aliphatic carbocycles. The van der Waals surface area contributed by atoms with Crippen LogP contribution in [0.1, 0.15) is 12.8 Å². The predicted octanol–water partition coefficient (Wildman–Crippen LogP) is -3.44. The number of rotatable bonds is 8. The van der Waals surface area contributed by atoms with E-state index in [1.165, 1.54) is 0 Å². The zero-order valence-corrected chi connectivity index (χ0v) is 10.4. The zero-order valence-electron chi connectivity index (χ0n) is 10.4. The van der Waals surface area contributed by atoms with Gasteiger partial charge in [-0.2, -0.15) is 0 Å². The molecule has 7 N–H and O–H groups in total. The number of carboxylic acids is 2. The molecule has 0 aromatic rings. The highest BCUT2D eigenvalue weighted by Crippen LogP contribution is 2.02. The molecule has 0 aliphatic heterocycles. The van der Waals surface area contributed by atoms with Crippen LogP contribution < -0.4 is 0 Å². The topological polar surface area (TPSA) is 193 Å². The molecule has 0 heterocycles. The third-order valence-corrected chi connectivity index (χ3v) is 1.97. The number of carbonyl (C=O) groups excluding carboxylic acids is 1. The predicted molar refractivity (Wildman–Crippen MR) is 61.7 cm³/mol. The summed E-state index contributed by atoms with van der Waals surface area (Å²) in [5, 5.41) is 59.3. The molecular weight excluding hydrogens is 280 g/mol. The van der Waals surface area contributed by atoms with Crippen LogP contribution in [-0.2, 0) is 14.4 Å². The first-order valence-electron chi connectivity index (χ1n) is 5.39. The van der Waals surface area contributed by atoms with E-state index < -0.39 is 43.0 Å². The summed E-state index contributed by atoms with van der Waals surface area (Å²) < 4.78 is 0. The molecule has 20 heavy (non-hydrogen) atoms. The van der Waals surface area contributed by atoms with Crippen molar-refractivity contribution >= 4 is 18.2 Å². The number of hydrogen-bond acceptors (Lipinski definition) is 8. The summed E-state index contributed by atoms with van der Waals surface area (Å²) in [7, 11) is 0. The number of carboxylic acid groups (broad SMARTS) is 2. The maximum absolute atomic E-state index is 9.90. The lowest BCUT2D eigenvalue weighted by molar-refractivity contribution is -0.143. The number of aliphatic carboxylic acids is 2. The number of carbonyl (C=O) groups is 3. The molecule has 0 amide bonds. The number of aldehydes is 1. The Balaban J connectivity index is 0. The van der Waals surface area contributed by atoms with E-state index in [0.29, 0.717) is 0 Å². The van der Waals surface area contributed by atoms with Crippen LogP contribution in [0.25, 0.3) is 0 Å². The summed E-state index contributed by atoms with van der Waals surface area (Å²) in [6.07, 6.45) is -7.43. The second kappa shape index (κ2) is 11.3. The van der Waals surface area contributed by atoms with Crippen molar-refractivity contribution in [3.8, 4) is 0 Å².